The van der Waals surface area contributed by atoms with Crippen LogP contribution in [0.25, 0.3) is 16.9 Å². The SMILES string of the molecule is COc1ccccc1CNc1ncnc2c1cnn2-c1ccccn1. The normalized spacial score (nSPS) is 10.8. The molecule has 0 saturated heterocycles. The van der Waals surface area contributed by atoms with Gasteiger partial charge < -0.3 is 10.1 Å². The summed E-state index contributed by atoms with van der Waals surface area (Å²) in [6.45, 7) is 0.588. The van der Waals surface area contributed by atoms with Gasteiger partial charge in [-0.2, -0.15) is 9.78 Å². The minimum Gasteiger partial charge on any atom is -0.496 e. The Hall–Kier alpha value is -3.48. The van der Waals surface area contributed by atoms with Gasteiger partial charge in [0.25, 0.3) is 0 Å². The Bertz CT molecular complexity index is 999. The molecule has 4 rings (SSSR count). The van der Waals surface area contributed by atoms with Crippen LogP contribution in [0.5, 0.6) is 5.75 Å². The van der Waals surface area contributed by atoms with E-state index in [1.807, 2.05) is 42.5 Å². The molecule has 0 saturated carbocycles. The van der Waals surface area contributed by atoms with Gasteiger partial charge in [0, 0.05) is 18.3 Å². The lowest BCUT2D eigenvalue weighted by atomic mass is 10.2. The van der Waals surface area contributed by atoms with Crippen LogP contribution in [-0.4, -0.2) is 31.8 Å². The largest absolute Gasteiger partial charge is 0.496 e. The summed E-state index contributed by atoms with van der Waals surface area (Å²) < 4.78 is 7.09. The first kappa shape index (κ1) is 15.1. The lowest BCUT2D eigenvalue weighted by molar-refractivity contribution is 0.410. The third kappa shape index (κ3) is 2.87. The lowest BCUT2D eigenvalue weighted by Gasteiger charge is -2.10. The number of fused-ring (bicyclic) bond motifs is 1. The molecule has 0 amide bonds. The fourth-order valence-electron chi connectivity index (χ4n) is 2.66. The average molecular weight is 332 g/mol. The lowest BCUT2D eigenvalue weighted by Crippen LogP contribution is -2.04. The number of nitrogens with zero attached hydrogens (tertiary/aromatic N) is 5. The smallest absolute Gasteiger partial charge is 0.170 e. The van der Waals surface area contributed by atoms with Gasteiger partial charge in [-0.15, -0.1) is 0 Å². The molecule has 3 aromatic heterocycles. The van der Waals surface area contributed by atoms with Crippen molar-refractivity contribution in [1.82, 2.24) is 24.7 Å². The summed E-state index contributed by atoms with van der Waals surface area (Å²) >= 11 is 0. The third-order valence-electron chi connectivity index (χ3n) is 3.87. The molecule has 0 aliphatic heterocycles. The van der Waals surface area contributed by atoms with Gasteiger partial charge in [-0.25, -0.2) is 15.0 Å². The molecule has 7 heteroatoms. The highest BCUT2D eigenvalue weighted by Crippen LogP contribution is 2.23. The van der Waals surface area contributed by atoms with Gasteiger partial charge in [0.05, 0.1) is 18.7 Å². The number of para-hydroxylation sites is 1. The molecule has 0 fully saturated rings. The van der Waals surface area contributed by atoms with Crippen molar-refractivity contribution in [3.05, 3.63) is 66.7 Å². The summed E-state index contributed by atoms with van der Waals surface area (Å²) in [6, 6.07) is 13.5. The van der Waals surface area contributed by atoms with Crippen LogP contribution in [0.4, 0.5) is 5.82 Å². The third-order valence-corrected chi connectivity index (χ3v) is 3.87. The molecule has 3 heterocycles. The Morgan fingerprint density at radius 1 is 1.04 bits per heavy atom. The number of aromatic nitrogens is 5. The van der Waals surface area contributed by atoms with E-state index in [4.69, 9.17) is 4.74 Å². The van der Waals surface area contributed by atoms with Crippen LogP contribution < -0.4 is 10.1 Å². The molecule has 0 bridgehead atoms. The van der Waals surface area contributed by atoms with Crippen molar-refractivity contribution in [2.45, 2.75) is 6.54 Å². The van der Waals surface area contributed by atoms with Crippen LogP contribution in [0.1, 0.15) is 5.56 Å². The van der Waals surface area contributed by atoms with E-state index in [1.165, 1.54) is 6.33 Å². The number of hydrogen-bond donors (Lipinski definition) is 1. The highest BCUT2D eigenvalue weighted by Gasteiger charge is 2.12. The summed E-state index contributed by atoms with van der Waals surface area (Å²) in [5, 5.41) is 8.58. The molecule has 0 unspecified atom stereocenters. The van der Waals surface area contributed by atoms with E-state index >= 15 is 0 Å². The number of pyridine rings is 1. The minimum absolute atomic E-state index is 0.588. The molecule has 4 aromatic rings. The van der Waals surface area contributed by atoms with Crippen LogP contribution in [0.15, 0.2) is 61.2 Å². The van der Waals surface area contributed by atoms with Gasteiger partial charge >= 0.3 is 0 Å². The second-order valence-corrected chi connectivity index (χ2v) is 5.37. The molecule has 1 aromatic carbocycles. The number of benzene rings is 1. The van der Waals surface area contributed by atoms with E-state index in [0.29, 0.717) is 18.0 Å². The second-order valence-electron chi connectivity index (χ2n) is 5.37. The number of ether oxygens (including phenoxy) is 1. The van der Waals surface area contributed by atoms with E-state index < -0.39 is 0 Å². The Kier molecular flexibility index (Phi) is 3.96. The maximum atomic E-state index is 5.39. The first-order valence-corrected chi connectivity index (χ1v) is 7.83. The predicted molar refractivity (Wildman–Crippen MR) is 94.8 cm³/mol. The summed E-state index contributed by atoms with van der Waals surface area (Å²) in [5.41, 5.74) is 1.75. The zero-order chi connectivity index (χ0) is 17.1. The molecular formula is C18H16N6O. The average Bonchev–Trinajstić information content (AvgIpc) is 3.12. The summed E-state index contributed by atoms with van der Waals surface area (Å²) in [4.78, 5) is 13.0. The van der Waals surface area contributed by atoms with Crippen LogP contribution >= 0.6 is 0 Å². The van der Waals surface area contributed by atoms with Crippen LogP contribution in [0.3, 0.4) is 0 Å². The van der Waals surface area contributed by atoms with Crippen LogP contribution in [0.2, 0.25) is 0 Å². The monoisotopic (exact) mass is 332 g/mol. The highest BCUT2D eigenvalue weighted by atomic mass is 16.5. The van der Waals surface area contributed by atoms with Gasteiger partial charge in [-0.05, 0) is 18.2 Å². The van der Waals surface area contributed by atoms with Gasteiger partial charge in [0.1, 0.15) is 17.9 Å². The van der Waals surface area contributed by atoms with E-state index in [2.05, 4.69) is 25.4 Å². The number of methoxy groups -OCH3 is 1. The number of anilines is 1. The Labute approximate surface area is 144 Å². The van der Waals surface area contributed by atoms with E-state index in [1.54, 1.807) is 24.2 Å². The zero-order valence-corrected chi connectivity index (χ0v) is 13.6. The molecule has 1 N–H and O–H groups in total. The Morgan fingerprint density at radius 2 is 1.92 bits per heavy atom. The predicted octanol–water partition coefficient (Wildman–Crippen LogP) is 2.83. The summed E-state index contributed by atoms with van der Waals surface area (Å²) in [6.07, 6.45) is 4.99. The Morgan fingerprint density at radius 3 is 2.76 bits per heavy atom. The Balaban J connectivity index is 1.66. The van der Waals surface area contributed by atoms with Crippen molar-refractivity contribution < 1.29 is 4.74 Å². The maximum Gasteiger partial charge on any atom is 0.170 e. The number of nitrogens with one attached hydrogen (secondary N) is 1. The first-order chi connectivity index (χ1) is 12.4. The molecular weight excluding hydrogens is 316 g/mol. The first-order valence-electron chi connectivity index (χ1n) is 7.83. The maximum absolute atomic E-state index is 5.39. The standard InChI is InChI=1S/C18H16N6O/c1-25-15-7-3-2-6-13(15)10-20-17-14-11-23-24(18(14)22-12-21-17)16-8-4-5-9-19-16/h2-9,11-12H,10H2,1H3,(H,20,21,22). The molecule has 0 aliphatic carbocycles. The van der Waals surface area contributed by atoms with E-state index in [0.717, 1.165) is 22.5 Å². The van der Waals surface area contributed by atoms with Crippen molar-refractivity contribution in [3.63, 3.8) is 0 Å². The number of rotatable bonds is 5. The molecule has 7 nitrogen and oxygen atoms in total. The van der Waals surface area contributed by atoms with E-state index in [9.17, 15) is 0 Å². The van der Waals surface area contributed by atoms with Crippen molar-refractivity contribution in [2.24, 2.45) is 0 Å². The molecule has 0 aliphatic rings. The molecule has 0 spiro atoms. The van der Waals surface area contributed by atoms with Crippen molar-refractivity contribution >= 4 is 16.9 Å². The van der Waals surface area contributed by atoms with Crippen LogP contribution in [0, 0.1) is 0 Å². The van der Waals surface area contributed by atoms with Crippen LogP contribution in [-0.2, 0) is 6.54 Å². The molecule has 0 radical (unpaired) electrons. The van der Waals surface area contributed by atoms with E-state index in [-0.39, 0.29) is 0 Å². The van der Waals surface area contributed by atoms with Crippen molar-refractivity contribution in [2.75, 3.05) is 12.4 Å². The fraction of sp³-hybridized carbons (Fsp3) is 0.111. The number of hydrogen-bond acceptors (Lipinski definition) is 6. The topological polar surface area (TPSA) is 77.8 Å². The highest BCUT2D eigenvalue weighted by molar-refractivity contribution is 5.86. The van der Waals surface area contributed by atoms with Gasteiger partial charge in [0.2, 0.25) is 0 Å². The van der Waals surface area contributed by atoms with Gasteiger partial charge in [-0.1, -0.05) is 24.3 Å². The van der Waals surface area contributed by atoms with Gasteiger partial charge in [-0.3, -0.25) is 0 Å². The minimum atomic E-state index is 0.588. The fourth-order valence-corrected chi connectivity index (χ4v) is 2.66. The summed E-state index contributed by atoms with van der Waals surface area (Å²) in [5.74, 6) is 2.27. The zero-order valence-electron chi connectivity index (χ0n) is 13.6. The van der Waals surface area contributed by atoms with Crippen molar-refractivity contribution in [1.29, 1.82) is 0 Å². The molecule has 25 heavy (non-hydrogen) atoms. The second kappa shape index (κ2) is 6.56. The summed E-state index contributed by atoms with van der Waals surface area (Å²) in [7, 11) is 1.67. The quantitative estimate of drug-likeness (QED) is 0.605. The molecule has 124 valence electrons. The molecule has 0 atom stereocenters. The van der Waals surface area contributed by atoms with Crippen molar-refractivity contribution in [3.8, 4) is 11.6 Å². The van der Waals surface area contributed by atoms with Gasteiger partial charge in [0.15, 0.2) is 11.5 Å².